The number of benzene rings is 3. The summed E-state index contributed by atoms with van der Waals surface area (Å²) in [5.74, 6) is -0.0791. The van der Waals surface area contributed by atoms with E-state index in [2.05, 4.69) is 0 Å². The summed E-state index contributed by atoms with van der Waals surface area (Å²) < 4.78 is 35.2. The van der Waals surface area contributed by atoms with E-state index < -0.39 is 11.8 Å². The van der Waals surface area contributed by atoms with Gasteiger partial charge in [-0.3, -0.25) is 4.79 Å². The normalized spacial score (nSPS) is 11.0. The maximum atomic E-state index is 13.8. The van der Waals surface area contributed by atoms with E-state index in [-0.39, 0.29) is 38.5 Å². The summed E-state index contributed by atoms with van der Waals surface area (Å²) in [6.45, 7) is 0. The molecule has 166 valence electrons. The minimum Gasteiger partial charge on any atom is -0.497 e. The Morgan fingerprint density at radius 1 is 1.03 bits per heavy atom. The summed E-state index contributed by atoms with van der Waals surface area (Å²) in [4.78, 5) is 24.9. The average Bonchev–Trinajstić information content (AvgIpc) is 2.81. The highest BCUT2D eigenvalue weighted by Crippen LogP contribution is 2.26. The molecule has 0 aliphatic carbocycles. The van der Waals surface area contributed by atoms with Gasteiger partial charge in [0, 0.05) is 17.7 Å². The zero-order valence-electron chi connectivity index (χ0n) is 17.2. The van der Waals surface area contributed by atoms with E-state index in [9.17, 15) is 14.0 Å². The van der Waals surface area contributed by atoms with Crippen LogP contribution in [0.25, 0.3) is 17.0 Å². The van der Waals surface area contributed by atoms with Crippen molar-refractivity contribution in [2.45, 2.75) is 0 Å². The van der Waals surface area contributed by atoms with Crippen molar-refractivity contribution < 1.29 is 27.8 Å². The number of hydrogen-bond donors (Lipinski definition) is 0. The number of carbonyl (C=O) groups is 1. The van der Waals surface area contributed by atoms with Crippen LogP contribution in [0, 0.1) is 5.82 Å². The van der Waals surface area contributed by atoms with Crippen LogP contribution in [-0.4, -0.2) is 13.1 Å². The molecule has 0 saturated carbocycles. The highest BCUT2D eigenvalue weighted by atomic mass is 35.5. The zero-order valence-corrected chi connectivity index (χ0v) is 18.0. The van der Waals surface area contributed by atoms with Crippen LogP contribution in [0.15, 0.2) is 82.2 Å². The lowest BCUT2D eigenvalue weighted by molar-refractivity contribution is -0.128. The fraction of sp³-hybridized carbons (Fsp3) is 0.0400. The molecule has 1 aromatic heterocycles. The molecule has 4 aromatic rings. The average molecular weight is 467 g/mol. The van der Waals surface area contributed by atoms with Gasteiger partial charge in [0.2, 0.25) is 11.2 Å². The fourth-order valence-electron chi connectivity index (χ4n) is 2.97. The van der Waals surface area contributed by atoms with Gasteiger partial charge < -0.3 is 18.6 Å². The maximum Gasteiger partial charge on any atom is 0.336 e. The van der Waals surface area contributed by atoms with Crippen molar-refractivity contribution in [2.75, 3.05) is 7.11 Å². The number of fused-ring (bicyclic) bond motifs is 1. The standard InChI is InChI=1S/C25H16ClFO6/c1-30-15-5-7-16(8-6-15)32-23-14-31-22-13-17(9-10-19(22)25(23)29)33-24(28)12-11-18-20(26)3-2-4-21(18)27/h2-14H,1H3/b12-11+. The molecule has 8 heteroatoms. The molecule has 1 heterocycles. The predicted octanol–water partition coefficient (Wildman–Crippen LogP) is 6.01. The van der Waals surface area contributed by atoms with Crippen molar-refractivity contribution in [3.63, 3.8) is 0 Å². The molecule has 0 fully saturated rings. The second-order valence-corrected chi connectivity index (χ2v) is 7.16. The molecule has 0 radical (unpaired) electrons. The largest absolute Gasteiger partial charge is 0.497 e. The van der Waals surface area contributed by atoms with Gasteiger partial charge in [-0.05, 0) is 54.6 Å². The molecule has 0 unspecified atom stereocenters. The molecule has 4 rings (SSSR count). The lowest BCUT2D eigenvalue weighted by Gasteiger charge is -2.07. The Bertz CT molecular complexity index is 1390. The first-order chi connectivity index (χ1) is 15.9. The van der Waals surface area contributed by atoms with Crippen LogP contribution in [0.2, 0.25) is 5.02 Å². The molecular formula is C25H16ClFO6. The minimum atomic E-state index is -0.754. The summed E-state index contributed by atoms with van der Waals surface area (Å²) in [7, 11) is 1.55. The van der Waals surface area contributed by atoms with Crippen molar-refractivity contribution in [2.24, 2.45) is 0 Å². The Hall–Kier alpha value is -4.10. The summed E-state index contributed by atoms with van der Waals surface area (Å²) in [5, 5.41) is 0.411. The third-order valence-corrected chi connectivity index (χ3v) is 4.94. The van der Waals surface area contributed by atoms with Crippen molar-refractivity contribution >= 4 is 34.6 Å². The smallest absolute Gasteiger partial charge is 0.336 e. The van der Waals surface area contributed by atoms with E-state index >= 15 is 0 Å². The van der Waals surface area contributed by atoms with Crippen LogP contribution in [0.5, 0.6) is 23.0 Å². The second kappa shape index (κ2) is 9.58. The first kappa shape index (κ1) is 22.1. The molecular weight excluding hydrogens is 451 g/mol. The Morgan fingerprint density at radius 2 is 1.76 bits per heavy atom. The number of methoxy groups -OCH3 is 1. The van der Waals surface area contributed by atoms with Crippen LogP contribution >= 0.6 is 11.6 Å². The van der Waals surface area contributed by atoms with E-state index in [0.717, 1.165) is 6.08 Å². The third-order valence-electron chi connectivity index (χ3n) is 4.61. The van der Waals surface area contributed by atoms with Gasteiger partial charge in [0.05, 0.1) is 17.5 Å². The SMILES string of the molecule is COc1ccc(Oc2coc3cc(OC(=O)/C=C/c4c(F)cccc4Cl)ccc3c2=O)cc1. The first-order valence-corrected chi connectivity index (χ1v) is 10.0. The molecule has 0 bridgehead atoms. The molecule has 0 spiro atoms. The van der Waals surface area contributed by atoms with E-state index in [1.54, 1.807) is 31.4 Å². The molecule has 3 aromatic carbocycles. The van der Waals surface area contributed by atoms with E-state index in [4.69, 9.17) is 30.2 Å². The molecule has 33 heavy (non-hydrogen) atoms. The van der Waals surface area contributed by atoms with Gasteiger partial charge in [-0.2, -0.15) is 0 Å². The number of esters is 1. The van der Waals surface area contributed by atoms with Gasteiger partial charge >= 0.3 is 5.97 Å². The number of rotatable bonds is 6. The van der Waals surface area contributed by atoms with Crippen LogP contribution in [0.3, 0.4) is 0 Å². The Morgan fingerprint density at radius 3 is 2.48 bits per heavy atom. The van der Waals surface area contributed by atoms with Crippen molar-refractivity contribution in [1.82, 2.24) is 0 Å². The fourth-order valence-corrected chi connectivity index (χ4v) is 3.19. The van der Waals surface area contributed by atoms with Gasteiger partial charge in [0.15, 0.2) is 0 Å². The van der Waals surface area contributed by atoms with E-state index in [0.29, 0.717) is 11.5 Å². The Labute approximate surface area is 192 Å². The van der Waals surface area contributed by atoms with Crippen LogP contribution < -0.4 is 19.6 Å². The zero-order chi connectivity index (χ0) is 23.4. The number of hydrogen-bond acceptors (Lipinski definition) is 6. The molecule has 6 nitrogen and oxygen atoms in total. The lowest BCUT2D eigenvalue weighted by Crippen LogP contribution is -2.06. The minimum absolute atomic E-state index is 0.00195. The molecule has 0 saturated heterocycles. The summed E-state index contributed by atoms with van der Waals surface area (Å²) in [5.41, 5.74) is -0.113. The lowest BCUT2D eigenvalue weighted by atomic mass is 10.2. The van der Waals surface area contributed by atoms with Gasteiger partial charge in [-0.15, -0.1) is 0 Å². The number of carbonyl (C=O) groups excluding carboxylic acids is 1. The molecule has 0 amide bonds. The maximum absolute atomic E-state index is 13.8. The molecule has 0 aliphatic heterocycles. The Kier molecular flexibility index (Phi) is 6.42. The highest BCUT2D eigenvalue weighted by Gasteiger charge is 2.12. The molecule has 0 N–H and O–H groups in total. The third kappa shape index (κ3) is 5.05. The van der Waals surface area contributed by atoms with Gasteiger partial charge in [-0.25, -0.2) is 9.18 Å². The van der Waals surface area contributed by atoms with Crippen molar-refractivity contribution in [3.8, 4) is 23.0 Å². The molecule has 0 atom stereocenters. The van der Waals surface area contributed by atoms with E-state index in [1.165, 1.54) is 48.7 Å². The van der Waals surface area contributed by atoms with Gasteiger partial charge in [0.25, 0.3) is 0 Å². The first-order valence-electron chi connectivity index (χ1n) is 9.66. The predicted molar refractivity (Wildman–Crippen MR) is 122 cm³/mol. The van der Waals surface area contributed by atoms with Crippen LogP contribution in [-0.2, 0) is 4.79 Å². The van der Waals surface area contributed by atoms with Crippen molar-refractivity contribution in [1.29, 1.82) is 0 Å². The number of ether oxygens (including phenoxy) is 3. The van der Waals surface area contributed by atoms with E-state index in [1.807, 2.05) is 0 Å². The summed E-state index contributed by atoms with van der Waals surface area (Å²) >= 11 is 5.93. The molecule has 0 aliphatic rings. The van der Waals surface area contributed by atoms with Crippen LogP contribution in [0.1, 0.15) is 5.56 Å². The summed E-state index contributed by atoms with van der Waals surface area (Å²) in [6.07, 6.45) is 3.46. The van der Waals surface area contributed by atoms with Gasteiger partial charge in [0.1, 0.15) is 34.9 Å². The highest BCUT2D eigenvalue weighted by molar-refractivity contribution is 6.32. The summed E-state index contributed by atoms with van der Waals surface area (Å²) in [6, 6.07) is 15.2. The van der Waals surface area contributed by atoms with Gasteiger partial charge in [-0.1, -0.05) is 17.7 Å². The van der Waals surface area contributed by atoms with Crippen molar-refractivity contribution in [3.05, 3.63) is 99.6 Å². The number of halogens is 2. The second-order valence-electron chi connectivity index (χ2n) is 6.75. The quantitative estimate of drug-likeness (QED) is 0.197. The monoisotopic (exact) mass is 466 g/mol. The van der Waals surface area contributed by atoms with Crippen LogP contribution in [0.4, 0.5) is 4.39 Å². The topological polar surface area (TPSA) is 75.0 Å². The Balaban J connectivity index is 1.51.